The lowest BCUT2D eigenvalue weighted by Crippen LogP contribution is -2.14. The molecule has 0 saturated carbocycles. The summed E-state index contributed by atoms with van der Waals surface area (Å²) in [7, 11) is -2.78. The third-order valence-electron chi connectivity index (χ3n) is 5.11. The molecule has 0 radical (unpaired) electrons. The van der Waals surface area contributed by atoms with Gasteiger partial charge in [-0.15, -0.1) is 0 Å². The highest BCUT2D eigenvalue weighted by molar-refractivity contribution is 7.91. The molecule has 3 aromatic carbocycles. The molecule has 0 atom stereocenters. The van der Waals surface area contributed by atoms with Crippen molar-refractivity contribution in [1.82, 2.24) is 9.78 Å². The van der Waals surface area contributed by atoms with Crippen LogP contribution in [0.4, 0.5) is 5.69 Å². The summed E-state index contributed by atoms with van der Waals surface area (Å²) in [6.45, 7) is 1.47. The molecule has 35 heavy (non-hydrogen) atoms. The number of nitro benzene ring substituents is 1. The lowest BCUT2D eigenvalue weighted by molar-refractivity contribution is -0.384. The number of nitrogens with zero attached hydrogens (tertiary/aromatic N) is 3. The molecule has 1 aromatic heterocycles. The molecule has 178 valence electrons. The van der Waals surface area contributed by atoms with Crippen LogP contribution in [0.3, 0.4) is 0 Å². The molecule has 0 aliphatic carbocycles. The van der Waals surface area contributed by atoms with Gasteiger partial charge in [-0.05, 0) is 55.5 Å². The molecule has 10 nitrogen and oxygen atoms in total. The summed E-state index contributed by atoms with van der Waals surface area (Å²) in [5, 5.41) is 15.3. The molecule has 0 unspecified atom stereocenters. The number of esters is 1. The van der Waals surface area contributed by atoms with Crippen molar-refractivity contribution < 1.29 is 27.6 Å². The van der Waals surface area contributed by atoms with Crippen molar-refractivity contribution >= 4 is 21.5 Å². The molecule has 1 heterocycles. The number of methoxy groups -OCH3 is 1. The van der Waals surface area contributed by atoms with Crippen LogP contribution in [0.1, 0.15) is 16.1 Å². The first kappa shape index (κ1) is 23.6. The Labute approximate surface area is 200 Å². The van der Waals surface area contributed by atoms with Gasteiger partial charge in [-0.2, -0.15) is 9.78 Å². The van der Waals surface area contributed by atoms with Crippen LogP contribution in [0.15, 0.2) is 88.7 Å². The smallest absolute Gasteiger partial charge is 0.344 e. The van der Waals surface area contributed by atoms with Crippen molar-refractivity contribution in [2.45, 2.75) is 16.7 Å². The number of aromatic nitrogens is 2. The molecule has 11 heteroatoms. The van der Waals surface area contributed by atoms with Crippen molar-refractivity contribution in [3.05, 3.63) is 100 Å². The summed E-state index contributed by atoms with van der Waals surface area (Å²) in [5.41, 5.74) is 0.470. The molecule has 0 fully saturated rings. The number of aryl methyl sites for hydroxylation is 1. The minimum absolute atomic E-state index is 0.0877. The molecule has 4 rings (SSSR count). The van der Waals surface area contributed by atoms with Gasteiger partial charge in [0, 0.05) is 12.1 Å². The largest absolute Gasteiger partial charge is 0.497 e. The molecule has 0 spiro atoms. The predicted molar refractivity (Wildman–Crippen MR) is 125 cm³/mol. The number of ether oxygens (including phenoxy) is 2. The van der Waals surface area contributed by atoms with Crippen LogP contribution in [-0.4, -0.2) is 36.2 Å². The zero-order chi connectivity index (χ0) is 25.2. The number of carbonyl (C=O) groups excluding carboxylic acids is 1. The van der Waals surface area contributed by atoms with Crippen molar-refractivity contribution in [1.29, 1.82) is 0 Å². The fourth-order valence-corrected chi connectivity index (χ4v) is 4.89. The molecular weight excluding hydrogens is 474 g/mol. The first-order valence-electron chi connectivity index (χ1n) is 10.2. The number of hydrogen-bond donors (Lipinski definition) is 0. The first-order valence-corrected chi connectivity index (χ1v) is 11.7. The number of sulfone groups is 1. The second-order valence-electron chi connectivity index (χ2n) is 7.34. The van der Waals surface area contributed by atoms with E-state index in [1.807, 2.05) is 0 Å². The number of non-ortho nitro benzene ring substituents is 1. The molecule has 0 aliphatic rings. The van der Waals surface area contributed by atoms with Gasteiger partial charge in [0.2, 0.25) is 15.7 Å². The van der Waals surface area contributed by atoms with Crippen molar-refractivity contribution in [2.24, 2.45) is 0 Å². The lowest BCUT2D eigenvalue weighted by Gasteiger charge is -2.11. The average molecular weight is 493 g/mol. The Hall–Kier alpha value is -4.51. The van der Waals surface area contributed by atoms with Gasteiger partial charge in [0.05, 0.1) is 33.9 Å². The quantitative estimate of drug-likeness (QED) is 0.213. The first-order chi connectivity index (χ1) is 16.7. The van der Waals surface area contributed by atoms with Gasteiger partial charge in [-0.25, -0.2) is 13.2 Å². The van der Waals surface area contributed by atoms with E-state index in [-0.39, 0.29) is 32.6 Å². The Bertz CT molecular complexity index is 1500. The van der Waals surface area contributed by atoms with E-state index in [9.17, 15) is 23.3 Å². The predicted octanol–water partition coefficient (Wildman–Crippen LogP) is 4.15. The zero-order valence-electron chi connectivity index (χ0n) is 18.6. The lowest BCUT2D eigenvalue weighted by atomic mass is 10.2. The average Bonchev–Trinajstić information content (AvgIpc) is 3.20. The Morgan fingerprint density at radius 3 is 2.17 bits per heavy atom. The van der Waals surface area contributed by atoms with Gasteiger partial charge >= 0.3 is 5.97 Å². The molecule has 0 bridgehead atoms. The van der Waals surface area contributed by atoms with Crippen LogP contribution >= 0.6 is 0 Å². The van der Waals surface area contributed by atoms with Gasteiger partial charge in [-0.3, -0.25) is 10.1 Å². The molecule has 0 N–H and O–H groups in total. The summed E-state index contributed by atoms with van der Waals surface area (Å²) in [6, 6.07) is 19.1. The van der Waals surface area contributed by atoms with Crippen molar-refractivity contribution in [3.63, 3.8) is 0 Å². The van der Waals surface area contributed by atoms with Crippen molar-refractivity contribution in [3.8, 4) is 17.3 Å². The maximum atomic E-state index is 13.6. The van der Waals surface area contributed by atoms with Crippen molar-refractivity contribution in [2.75, 3.05) is 7.11 Å². The Morgan fingerprint density at radius 2 is 1.60 bits per heavy atom. The molecule has 0 aliphatic heterocycles. The van der Waals surface area contributed by atoms with Crippen LogP contribution in [0.5, 0.6) is 11.6 Å². The van der Waals surface area contributed by atoms with E-state index < -0.39 is 20.7 Å². The summed E-state index contributed by atoms with van der Waals surface area (Å²) in [5.74, 6) is -0.564. The summed E-state index contributed by atoms with van der Waals surface area (Å²) >= 11 is 0. The third-order valence-corrected chi connectivity index (χ3v) is 7.01. The van der Waals surface area contributed by atoms with E-state index in [1.165, 1.54) is 30.8 Å². The van der Waals surface area contributed by atoms with Gasteiger partial charge in [0.25, 0.3) is 5.69 Å². The van der Waals surface area contributed by atoms with Crippen LogP contribution in [0, 0.1) is 17.0 Å². The van der Waals surface area contributed by atoms with Gasteiger partial charge in [0.15, 0.2) is 4.90 Å². The maximum Gasteiger partial charge on any atom is 0.344 e. The number of rotatable bonds is 7. The second kappa shape index (κ2) is 9.39. The summed E-state index contributed by atoms with van der Waals surface area (Å²) in [6.07, 6.45) is 0. The highest BCUT2D eigenvalue weighted by Gasteiger charge is 2.32. The van der Waals surface area contributed by atoms with E-state index >= 15 is 0 Å². The molecule has 0 saturated heterocycles. The minimum Gasteiger partial charge on any atom is -0.497 e. The summed E-state index contributed by atoms with van der Waals surface area (Å²) in [4.78, 5) is 22.8. The highest BCUT2D eigenvalue weighted by Crippen LogP contribution is 2.35. The van der Waals surface area contributed by atoms with Gasteiger partial charge in [-0.1, -0.05) is 18.2 Å². The van der Waals surface area contributed by atoms with E-state index in [0.717, 1.165) is 24.3 Å². The minimum atomic E-state index is -4.27. The van der Waals surface area contributed by atoms with Gasteiger partial charge < -0.3 is 9.47 Å². The molecule has 4 aromatic rings. The van der Waals surface area contributed by atoms with Crippen LogP contribution in [0.2, 0.25) is 0 Å². The van der Waals surface area contributed by atoms with E-state index in [1.54, 1.807) is 42.5 Å². The summed E-state index contributed by atoms with van der Waals surface area (Å²) < 4.78 is 39.1. The monoisotopic (exact) mass is 493 g/mol. The molecular formula is C24H19N3O7S. The second-order valence-corrected chi connectivity index (χ2v) is 9.23. The third kappa shape index (κ3) is 4.62. The Kier molecular flexibility index (Phi) is 6.34. The van der Waals surface area contributed by atoms with Crippen LogP contribution in [0.25, 0.3) is 5.69 Å². The fourth-order valence-electron chi connectivity index (χ4n) is 3.37. The topological polar surface area (TPSA) is 131 Å². The number of benzene rings is 3. The Balaban J connectivity index is 1.84. The number of nitro groups is 1. The highest BCUT2D eigenvalue weighted by atomic mass is 32.2. The van der Waals surface area contributed by atoms with Gasteiger partial charge in [0.1, 0.15) is 5.75 Å². The standard InChI is InChI=1S/C24H19N3O7S/c1-16-22(35(31,32)21-14-10-19(11-15-21)27(29)30)23(26(25-16)18-6-4-3-5-7-18)34-24(28)17-8-12-20(33-2)13-9-17/h3-15H,1-2H3. The van der Waals surface area contributed by atoms with E-state index in [4.69, 9.17) is 9.47 Å². The number of para-hydroxylation sites is 1. The fraction of sp³-hybridized carbons (Fsp3) is 0.0833. The van der Waals surface area contributed by atoms with Crippen LogP contribution in [-0.2, 0) is 9.84 Å². The maximum absolute atomic E-state index is 13.6. The number of hydrogen-bond acceptors (Lipinski definition) is 8. The van der Waals surface area contributed by atoms with E-state index in [0.29, 0.717) is 11.4 Å². The van der Waals surface area contributed by atoms with E-state index in [2.05, 4.69) is 5.10 Å². The Morgan fingerprint density at radius 1 is 0.971 bits per heavy atom. The van der Waals surface area contributed by atoms with Crippen LogP contribution < -0.4 is 9.47 Å². The zero-order valence-corrected chi connectivity index (χ0v) is 19.4. The SMILES string of the molecule is COc1ccc(C(=O)Oc2c(S(=O)(=O)c3ccc([N+](=O)[O-])cc3)c(C)nn2-c2ccccc2)cc1. The molecule has 0 amide bonds. The normalized spacial score (nSPS) is 11.1. The number of carbonyl (C=O) groups is 1.